The van der Waals surface area contributed by atoms with Crippen molar-refractivity contribution in [1.82, 2.24) is 10.2 Å². The van der Waals surface area contributed by atoms with Crippen molar-refractivity contribution in [2.24, 2.45) is 11.7 Å². The number of hydrogen-bond donors (Lipinski definition) is 2. The van der Waals surface area contributed by atoms with Gasteiger partial charge in [0.1, 0.15) is 0 Å². The summed E-state index contributed by atoms with van der Waals surface area (Å²) in [7, 11) is 0. The monoisotopic (exact) mass is 343 g/mol. The number of amides is 3. The van der Waals surface area contributed by atoms with Crippen LogP contribution in [0.1, 0.15) is 49.7 Å². The maximum absolute atomic E-state index is 12.6. The maximum Gasteiger partial charge on any atom is 0.314 e. The molecule has 5 heteroatoms. The average Bonchev–Trinajstić information content (AvgIpc) is 3.10. The summed E-state index contributed by atoms with van der Waals surface area (Å²) < 4.78 is 0. The molecule has 1 aromatic carbocycles. The summed E-state index contributed by atoms with van der Waals surface area (Å²) in [5.74, 6) is 0.120. The summed E-state index contributed by atoms with van der Waals surface area (Å²) in [6, 6.07) is 8.32. The molecular weight excluding hydrogens is 314 g/mol. The molecule has 1 aromatic rings. The van der Waals surface area contributed by atoms with E-state index >= 15 is 0 Å². The van der Waals surface area contributed by atoms with Crippen molar-refractivity contribution < 1.29 is 9.59 Å². The van der Waals surface area contributed by atoms with Crippen molar-refractivity contribution in [2.45, 2.75) is 50.9 Å². The Labute approximate surface area is 150 Å². The van der Waals surface area contributed by atoms with Gasteiger partial charge in [0.25, 0.3) is 0 Å². The number of likely N-dealkylation sites (tertiary alicyclic amines) is 1. The van der Waals surface area contributed by atoms with E-state index in [1.807, 2.05) is 0 Å². The van der Waals surface area contributed by atoms with Gasteiger partial charge in [-0.25, -0.2) is 4.79 Å². The first-order chi connectivity index (χ1) is 12.0. The number of primary amides is 1. The van der Waals surface area contributed by atoms with Crippen LogP contribution >= 0.6 is 0 Å². The van der Waals surface area contributed by atoms with Gasteiger partial charge < -0.3 is 16.0 Å². The topological polar surface area (TPSA) is 75.4 Å². The third-order valence-electron chi connectivity index (χ3n) is 5.97. The van der Waals surface area contributed by atoms with Crippen LogP contribution < -0.4 is 11.1 Å². The molecule has 1 saturated carbocycles. The molecule has 1 saturated heterocycles. The van der Waals surface area contributed by atoms with E-state index in [9.17, 15) is 9.59 Å². The van der Waals surface area contributed by atoms with Crippen molar-refractivity contribution in [3.8, 4) is 0 Å². The number of piperidine rings is 1. The fraction of sp³-hybridized carbons (Fsp3) is 0.600. The Bertz CT molecular complexity index is 630. The molecule has 0 radical (unpaired) electrons. The summed E-state index contributed by atoms with van der Waals surface area (Å²) in [6.07, 6.45) is 6.12. The Morgan fingerprint density at radius 2 is 1.92 bits per heavy atom. The number of carbonyl (C=O) groups excluding carboxylic acids is 2. The van der Waals surface area contributed by atoms with E-state index in [2.05, 4.69) is 36.5 Å². The molecule has 3 N–H and O–H groups in total. The Balaban J connectivity index is 1.61. The number of benzene rings is 1. The largest absolute Gasteiger partial charge is 0.355 e. The minimum Gasteiger partial charge on any atom is -0.355 e. The molecule has 136 valence electrons. The maximum atomic E-state index is 12.6. The lowest BCUT2D eigenvalue weighted by Crippen LogP contribution is -2.47. The van der Waals surface area contributed by atoms with Crippen LogP contribution in [0.15, 0.2) is 24.3 Å². The first-order valence-electron chi connectivity index (χ1n) is 9.39. The van der Waals surface area contributed by atoms with Gasteiger partial charge in [0.05, 0.1) is 0 Å². The SMILES string of the molecule is Cc1cccc(C2(CNC(=O)C3CCN(C(N)=O)CC3)CCCC2)c1. The predicted molar refractivity (Wildman–Crippen MR) is 98.2 cm³/mol. The lowest BCUT2D eigenvalue weighted by atomic mass is 9.78. The van der Waals surface area contributed by atoms with E-state index in [0.29, 0.717) is 32.5 Å². The van der Waals surface area contributed by atoms with Gasteiger partial charge >= 0.3 is 6.03 Å². The highest BCUT2D eigenvalue weighted by Gasteiger charge is 2.36. The molecule has 25 heavy (non-hydrogen) atoms. The number of urea groups is 1. The smallest absolute Gasteiger partial charge is 0.314 e. The minimum atomic E-state index is -0.386. The molecule has 3 rings (SSSR count). The number of nitrogens with zero attached hydrogens (tertiary/aromatic N) is 1. The third-order valence-corrected chi connectivity index (χ3v) is 5.97. The van der Waals surface area contributed by atoms with Gasteiger partial charge in [0.15, 0.2) is 0 Å². The van der Waals surface area contributed by atoms with E-state index in [-0.39, 0.29) is 23.3 Å². The molecule has 0 spiro atoms. The fourth-order valence-corrected chi connectivity index (χ4v) is 4.36. The van der Waals surface area contributed by atoms with Gasteiger partial charge in [0.2, 0.25) is 5.91 Å². The summed E-state index contributed by atoms with van der Waals surface area (Å²) in [4.78, 5) is 25.5. The van der Waals surface area contributed by atoms with Crippen molar-refractivity contribution in [1.29, 1.82) is 0 Å². The molecule has 2 aliphatic rings. The highest BCUT2D eigenvalue weighted by Crippen LogP contribution is 2.41. The second kappa shape index (κ2) is 7.46. The quantitative estimate of drug-likeness (QED) is 0.882. The molecule has 0 atom stereocenters. The molecule has 5 nitrogen and oxygen atoms in total. The van der Waals surface area contributed by atoms with Crippen LogP contribution in [0.3, 0.4) is 0 Å². The van der Waals surface area contributed by atoms with Crippen molar-refractivity contribution >= 4 is 11.9 Å². The predicted octanol–water partition coefficient (Wildman–Crippen LogP) is 2.71. The summed E-state index contributed by atoms with van der Waals surface area (Å²) in [5.41, 5.74) is 8.02. The second-order valence-corrected chi connectivity index (χ2v) is 7.67. The number of rotatable bonds is 4. The normalized spacial score (nSPS) is 20.4. The molecule has 0 aromatic heterocycles. The molecule has 3 amide bonds. The first-order valence-corrected chi connectivity index (χ1v) is 9.39. The lowest BCUT2D eigenvalue weighted by molar-refractivity contribution is -0.126. The van der Waals surface area contributed by atoms with Crippen LogP contribution in [0.2, 0.25) is 0 Å². The molecule has 0 bridgehead atoms. The highest BCUT2D eigenvalue weighted by atomic mass is 16.2. The number of hydrogen-bond acceptors (Lipinski definition) is 2. The minimum absolute atomic E-state index is 0.00781. The van der Waals surface area contributed by atoms with Crippen LogP contribution in [-0.4, -0.2) is 36.5 Å². The Morgan fingerprint density at radius 3 is 2.52 bits per heavy atom. The number of aryl methyl sites for hydroxylation is 1. The lowest BCUT2D eigenvalue weighted by Gasteiger charge is -2.33. The molecule has 1 aliphatic heterocycles. The standard InChI is InChI=1S/C20H29N3O2/c1-15-5-4-6-17(13-15)20(9-2-3-10-20)14-22-18(24)16-7-11-23(12-8-16)19(21)25/h4-6,13,16H,2-3,7-12,14H2,1H3,(H2,21,25)(H,22,24). The van der Waals surface area contributed by atoms with Crippen LogP contribution in [0.4, 0.5) is 4.79 Å². The van der Waals surface area contributed by atoms with Crippen molar-refractivity contribution in [3.05, 3.63) is 35.4 Å². The van der Waals surface area contributed by atoms with Gasteiger partial charge in [-0.1, -0.05) is 42.7 Å². The Morgan fingerprint density at radius 1 is 1.24 bits per heavy atom. The van der Waals surface area contributed by atoms with Gasteiger partial charge in [-0.3, -0.25) is 4.79 Å². The average molecular weight is 343 g/mol. The Hall–Kier alpha value is -2.04. The van der Waals surface area contributed by atoms with Crippen LogP contribution in [-0.2, 0) is 10.2 Å². The molecule has 2 fully saturated rings. The molecular formula is C20H29N3O2. The van der Waals surface area contributed by atoms with E-state index in [1.54, 1.807) is 4.90 Å². The van der Waals surface area contributed by atoms with Crippen molar-refractivity contribution in [3.63, 3.8) is 0 Å². The third kappa shape index (κ3) is 3.97. The van der Waals surface area contributed by atoms with Gasteiger partial charge in [-0.2, -0.15) is 0 Å². The van der Waals surface area contributed by atoms with E-state index in [0.717, 1.165) is 12.8 Å². The van der Waals surface area contributed by atoms with Crippen LogP contribution in [0, 0.1) is 12.8 Å². The molecule has 1 heterocycles. The van der Waals surface area contributed by atoms with E-state index in [4.69, 9.17) is 5.73 Å². The summed E-state index contributed by atoms with van der Waals surface area (Å²) in [6.45, 7) is 4.00. The molecule has 0 unspecified atom stereocenters. The van der Waals surface area contributed by atoms with Gasteiger partial charge in [-0.05, 0) is 38.2 Å². The summed E-state index contributed by atoms with van der Waals surface area (Å²) >= 11 is 0. The van der Waals surface area contributed by atoms with Crippen LogP contribution in [0.25, 0.3) is 0 Å². The number of nitrogens with one attached hydrogen (secondary N) is 1. The first kappa shape index (κ1) is 17.8. The molecule has 1 aliphatic carbocycles. The number of nitrogens with two attached hydrogens (primary N) is 1. The second-order valence-electron chi connectivity index (χ2n) is 7.67. The van der Waals surface area contributed by atoms with E-state index < -0.39 is 0 Å². The summed E-state index contributed by atoms with van der Waals surface area (Å²) in [5, 5.41) is 3.22. The Kier molecular flexibility index (Phi) is 5.30. The van der Waals surface area contributed by atoms with Crippen molar-refractivity contribution in [2.75, 3.05) is 19.6 Å². The van der Waals surface area contributed by atoms with Crippen LogP contribution in [0.5, 0.6) is 0 Å². The van der Waals surface area contributed by atoms with Gasteiger partial charge in [-0.15, -0.1) is 0 Å². The fourth-order valence-electron chi connectivity index (χ4n) is 4.36. The highest BCUT2D eigenvalue weighted by molar-refractivity contribution is 5.79. The van der Waals surface area contributed by atoms with Gasteiger partial charge in [0, 0.05) is 31.0 Å². The zero-order valence-electron chi connectivity index (χ0n) is 15.1. The number of carbonyl (C=O) groups is 2. The zero-order chi connectivity index (χ0) is 17.9. The van der Waals surface area contributed by atoms with E-state index in [1.165, 1.54) is 24.0 Å². The zero-order valence-corrected chi connectivity index (χ0v) is 15.1.